The smallest absolute Gasteiger partial charge is 0.254 e. The van der Waals surface area contributed by atoms with Crippen LogP contribution in [-0.2, 0) is 12.8 Å². The highest BCUT2D eigenvalue weighted by atomic mass is 32.2. The van der Waals surface area contributed by atoms with Crippen LogP contribution in [0.4, 0.5) is 11.8 Å². The normalized spacial score (nSPS) is 20.6. The van der Waals surface area contributed by atoms with Crippen LogP contribution in [0.15, 0.2) is 23.4 Å². The lowest BCUT2D eigenvalue weighted by Gasteiger charge is -2.30. The third-order valence-corrected chi connectivity index (χ3v) is 6.90. The van der Waals surface area contributed by atoms with Gasteiger partial charge in [-0.3, -0.25) is 4.79 Å². The van der Waals surface area contributed by atoms with Gasteiger partial charge >= 0.3 is 0 Å². The van der Waals surface area contributed by atoms with Crippen LogP contribution in [0, 0.1) is 0 Å². The molecule has 0 bridgehead atoms. The van der Waals surface area contributed by atoms with Crippen LogP contribution >= 0.6 is 11.8 Å². The van der Waals surface area contributed by atoms with E-state index in [1.165, 1.54) is 35.9 Å². The number of anilines is 2. The van der Waals surface area contributed by atoms with Gasteiger partial charge in [-0.05, 0) is 69.8 Å². The zero-order valence-electron chi connectivity index (χ0n) is 18.6. The maximum absolute atomic E-state index is 12.7. The first kappa shape index (κ1) is 21.9. The Morgan fingerprint density at radius 3 is 2.58 bits per heavy atom. The number of hydrogen-bond donors (Lipinski definition) is 2. The first-order valence-electron chi connectivity index (χ1n) is 11.2. The van der Waals surface area contributed by atoms with Crippen molar-refractivity contribution in [2.45, 2.75) is 68.5 Å². The zero-order valence-corrected chi connectivity index (χ0v) is 19.5. The van der Waals surface area contributed by atoms with Gasteiger partial charge in [0.2, 0.25) is 5.95 Å². The van der Waals surface area contributed by atoms with E-state index in [2.05, 4.69) is 34.6 Å². The molecule has 0 unspecified atom stereocenters. The van der Waals surface area contributed by atoms with E-state index in [0.717, 1.165) is 55.3 Å². The van der Waals surface area contributed by atoms with Crippen LogP contribution in [0.2, 0.25) is 0 Å². The van der Waals surface area contributed by atoms with Gasteiger partial charge in [0.15, 0.2) is 0 Å². The van der Waals surface area contributed by atoms with Crippen molar-refractivity contribution in [3.63, 3.8) is 0 Å². The van der Waals surface area contributed by atoms with Gasteiger partial charge in [-0.15, -0.1) is 11.8 Å². The molecule has 2 aromatic rings. The number of aryl methyl sites for hydroxylation is 1. The Balaban J connectivity index is 1.35. The van der Waals surface area contributed by atoms with Crippen LogP contribution in [0.3, 0.4) is 0 Å². The number of fused-ring (bicyclic) bond motifs is 1. The summed E-state index contributed by atoms with van der Waals surface area (Å²) in [6.07, 6.45) is 12.1. The Bertz CT molecular complexity index is 926. The largest absolute Gasteiger partial charge is 0.362 e. The number of amides is 1. The van der Waals surface area contributed by atoms with Gasteiger partial charge in [-0.2, -0.15) is 4.98 Å². The maximum Gasteiger partial charge on any atom is 0.254 e. The van der Waals surface area contributed by atoms with Crippen molar-refractivity contribution in [2.24, 2.45) is 0 Å². The monoisotopic (exact) mass is 440 g/mol. The molecular weight excluding hydrogens is 408 g/mol. The molecule has 1 fully saturated rings. The van der Waals surface area contributed by atoms with Crippen LogP contribution in [0.1, 0.15) is 60.1 Å². The highest BCUT2D eigenvalue weighted by Gasteiger charge is 2.25. The molecule has 2 aliphatic rings. The number of nitrogens with zero attached hydrogens (tertiary/aromatic N) is 4. The average Bonchev–Trinajstić information content (AvgIpc) is 2.79. The molecule has 0 spiro atoms. The summed E-state index contributed by atoms with van der Waals surface area (Å²) in [7, 11) is 4.11. The van der Waals surface area contributed by atoms with Crippen molar-refractivity contribution in [2.75, 3.05) is 30.6 Å². The Hall–Kier alpha value is -2.35. The van der Waals surface area contributed by atoms with Crippen LogP contribution in [-0.4, -0.2) is 53.3 Å². The summed E-state index contributed by atoms with van der Waals surface area (Å²) in [5.41, 5.74) is 3.18. The highest BCUT2D eigenvalue weighted by molar-refractivity contribution is 7.98. The minimum Gasteiger partial charge on any atom is -0.362 e. The van der Waals surface area contributed by atoms with Crippen molar-refractivity contribution < 1.29 is 4.79 Å². The van der Waals surface area contributed by atoms with Crippen LogP contribution < -0.4 is 15.5 Å². The number of pyridine rings is 1. The van der Waals surface area contributed by atoms with Crippen molar-refractivity contribution in [3.05, 3.63) is 35.2 Å². The lowest BCUT2D eigenvalue weighted by Crippen LogP contribution is -2.40. The number of hydrogen-bond acceptors (Lipinski definition) is 7. The molecule has 0 atom stereocenters. The second-order valence-electron chi connectivity index (χ2n) is 8.62. The number of nitrogens with one attached hydrogen (secondary N) is 2. The maximum atomic E-state index is 12.7. The fourth-order valence-electron chi connectivity index (χ4n) is 4.56. The molecule has 0 aliphatic heterocycles. The second kappa shape index (κ2) is 9.85. The quantitative estimate of drug-likeness (QED) is 0.663. The van der Waals surface area contributed by atoms with Gasteiger partial charge in [0.25, 0.3) is 5.91 Å². The average molecular weight is 441 g/mol. The first-order chi connectivity index (χ1) is 15.0. The predicted octanol–water partition coefficient (Wildman–Crippen LogP) is 3.69. The molecule has 0 aromatic carbocycles. The Morgan fingerprint density at radius 2 is 1.84 bits per heavy atom. The van der Waals surface area contributed by atoms with Crippen molar-refractivity contribution in [1.29, 1.82) is 0 Å². The van der Waals surface area contributed by atoms with Gasteiger partial charge in [0, 0.05) is 37.9 Å². The molecule has 2 N–H and O–H groups in total. The number of carbonyl (C=O) groups is 1. The Kier molecular flexibility index (Phi) is 6.95. The summed E-state index contributed by atoms with van der Waals surface area (Å²) < 4.78 is 0. The van der Waals surface area contributed by atoms with Gasteiger partial charge in [-0.25, -0.2) is 9.97 Å². The van der Waals surface area contributed by atoms with E-state index in [9.17, 15) is 4.79 Å². The molecule has 2 heterocycles. The summed E-state index contributed by atoms with van der Waals surface area (Å²) in [6.45, 7) is 0. The van der Waals surface area contributed by atoms with Crippen molar-refractivity contribution >= 4 is 29.4 Å². The molecule has 4 rings (SSSR count). The number of aromatic nitrogens is 3. The van der Waals surface area contributed by atoms with E-state index in [4.69, 9.17) is 9.97 Å². The Morgan fingerprint density at radius 1 is 1.10 bits per heavy atom. The topological polar surface area (TPSA) is 83.0 Å². The Labute approximate surface area is 188 Å². The zero-order chi connectivity index (χ0) is 21.8. The first-order valence-corrected chi connectivity index (χ1v) is 12.4. The third kappa shape index (κ3) is 5.11. The van der Waals surface area contributed by atoms with Crippen LogP contribution in [0.5, 0.6) is 0 Å². The van der Waals surface area contributed by atoms with E-state index in [0.29, 0.717) is 11.6 Å². The summed E-state index contributed by atoms with van der Waals surface area (Å²) in [4.78, 5) is 28.8. The summed E-state index contributed by atoms with van der Waals surface area (Å²) >= 11 is 1.50. The summed E-state index contributed by atoms with van der Waals surface area (Å²) in [6, 6.07) is 4.19. The van der Waals surface area contributed by atoms with Crippen molar-refractivity contribution in [1.82, 2.24) is 20.3 Å². The number of thioether (sulfide) groups is 1. The molecule has 0 radical (unpaired) electrons. The molecule has 8 heteroatoms. The molecule has 1 amide bonds. The number of rotatable bonds is 6. The standard InChI is InChI=1S/C23H32N6OS/c1-29(2)20-17-7-4-5-9-19(17)27-23(28-20)26-16-12-10-15(11-13-16)25-21(30)18-8-6-14-24-22(18)31-3/h6,8,14-16H,4-5,7,9-13H2,1-3H3,(H,25,30)(H,26,27,28). The molecule has 166 valence electrons. The van der Waals surface area contributed by atoms with E-state index < -0.39 is 0 Å². The van der Waals surface area contributed by atoms with E-state index >= 15 is 0 Å². The minimum atomic E-state index is -0.0255. The molecule has 2 aliphatic carbocycles. The van der Waals surface area contributed by atoms with E-state index in [-0.39, 0.29) is 11.9 Å². The van der Waals surface area contributed by atoms with Crippen molar-refractivity contribution in [3.8, 4) is 0 Å². The number of carbonyl (C=O) groups excluding carboxylic acids is 1. The molecule has 31 heavy (non-hydrogen) atoms. The van der Waals surface area contributed by atoms with Crippen LogP contribution in [0.25, 0.3) is 0 Å². The summed E-state index contributed by atoms with van der Waals surface area (Å²) in [5, 5.41) is 7.55. The van der Waals surface area contributed by atoms with Gasteiger partial charge < -0.3 is 15.5 Å². The predicted molar refractivity (Wildman–Crippen MR) is 126 cm³/mol. The second-order valence-corrected chi connectivity index (χ2v) is 9.42. The lowest BCUT2D eigenvalue weighted by atomic mass is 9.91. The molecule has 7 nitrogen and oxygen atoms in total. The molecule has 0 saturated heterocycles. The minimum absolute atomic E-state index is 0.0255. The van der Waals surface area contributed by atoms with Gasteiger partial charge in [0.1, 0.15) is 10.8 Å². The van der Waals surface area contributed by atoms with E-state index in [1.807, 2.05) is 18.4 Å². The third-order valence-electron chi connectivity index (χ3n) is 6.19. The fourth-order valence-corrected chi connectivity index (χ4v) is 5.11. The highest BCUT2D eigenvalue weighted by Crippen LogP contribution is 2.29. The SMILES string of the molecule is CSc1ncccc1C(=O)NC1CCC(Nc2nc3c(c(N(C)C)n2)CCCC3)CC1. The van der Waals surface area contributed by atoms with Gasteiger partial charge in [-0.1, -0.05) is 0 Å². The molecule has 2 aromatic heterocycles. The lowest BCUT2D eigenvalue weighted by molar-refractivity contribution is 0.0923. The van der Waals surface area contributed by atoms with Gasteiger partial charge in [0.05, 0.1) is 11.3 Å². The van der Waals surface area contributed by atoms with E-state index in [1.54, 1.807) is 6.20 Å². The molecular formula is C23H32N6OS. The fraction of sp³-hybridized carbons (Fsp3) is 0.565. The molecule has 1 saturated carbocycles. The summed E-state index contributed by atoms with van der Waals surface area (Å²) in [5.74, 6) is 1.77.